The molecule has 5 nitrogen and oxygen atoms in total. The zero-order valence-electron chi connectivity index (χ0n) is 17.3. The standard InChI is InChI=1S/C24H28N2O3/c1-16(2)20-13-21-19(12-24(28)29-22(21)11-17(20)3)15-26(10-9-23(25)27)14-18-7-5-4-6-8-18/h4-8,11-13,16H,9-10,14-15H2,1-3H3,(H2,25,27). The van der Waals surface area contributed by atoms with Crippen molar-refractivity contribution in [3.05, 3.63) is 81.2 Å². The third-order valence-electron chi connectivity index (χ3n) is 5.16. The van der Waals surface area contributed by atoms with Gasteiger partial charge in [0.2, 0.25) is 5.91 Å². The van der Waals surface area contributed by atoms with Crippen molar-refractivity contribution in [2.75, 3.05) is 6.54 Å². The van der Waals surface area contributed by atoms with Gasteiger partial charge in [0.15, 0.2) is 0 Å². The van der Waals surface area contributed by atoms with Gasteiger partial charge in [0.05, 0.1) is 0 Å². The molecule has 0 saturated heterocycles. The Balaban J connectivity index is 1.99. The molecule has 0 aliphatic heterocycles. The van der Waals surface area contributed by atoms with Crippen LogP contribution >= 0.6 is 0 Å². The Labute approximate surface area is 171 Å². The smallest absolute Gasteiger partial charge is 0.336 e. The van der Waals surface area contributed by atoms with Crippen molar-refractivity contribution in [3.63, 3.8) is 0 Å². The number of amides is 1. The van der Waals surface area contributed by atoms with Crippen LogP contribution in [0.15, 0.2) is 57.7 Å². The fraction of sp³-hybridized carbons (Fsp3) is 0.333. The molecule has 0 fully saturated rings. The second kappa shape index (κ2) is 9.05. The van der Waals surface area contributed by atoms with Crippen molar-refractivity contribution in [2.24, 2.45) is 5.73 Å². The molecular formula is C24H28N2O3. The summed E-state index contributed by atoms with van der Waals surface area (Å²) in [5.41, 5.74) is 10.0. The number of carbonyl (C=O) groups is 1. The quantitative estimate of drug-likeness (QED) is 0.586. The Hall–Kier alpha value is -2.92. The first-order valence-corrected chi connectivity index (χ1v) is 9.95. The molecule has 2 N–H and O–H groups in total. The monoisotopic (exact) mass is 392 g/mol. The van der Waals surface area contributed by atoms with Gasteiger partial charge >= 0.3 is 5.63 Å². The molecule has 3 aromatic rings. The highest BCUT2D eigenvalue weighted by atomic mass is 16.4. The van der Waals surface area contributed by atoms with Crippen LogP contribution in [0.2, 0.25) is 0 Å². The molecule has 5 heteroatoms. The highest BCUT2D eigenvalue weighted by Gasteiger charge is 2.15. The number of aryl methyl sites for hydroxylation is 1. The first-order valence-electron chi connectivity index (χ1n) is 9.95. The molecule has 0 atom stereocenters. The van der Waals surface area contributed by atoms with E-state index in [1.807, 2.05) is 31.2 Å². The minimum Gasteiger partial charge on any atom is -0.423 e. The second-order valence-electron chi connectivity index (χ2n) is 7.86. The Morgan fingerprint density at radius 3 is 2.48 bits per heavy atom. The largest absolute Gasteiger partial charge is 0.423 e. The van der Waals surface area contributed by atoms with Crippen molar-refractivity contribution < 1.29 is 9.21 Å². The zero-order chi connectivity index (χ0) is 21.0. The fourth-order valence-electron chi connectivity index (χ4n) is 3.71. The Kier molecular flexibility index (Phi) is 6.49. The number of benzene rings is 2. The van der Waals surface area contributed by atoms with E-state index in [1.165, 1.54) is 5.56 Å². The van der Waals surface area contributed by atoms with E-state index in [4.69, 9.17) is 10.2 Å². The minimum absolute atomic E-state index is 0.266. The molecule has 1 heterocycles. The van der Waals surface area contributed by atoms with Crippen LogP contribution in [0.1, 0.15) is 48.4 Å². The van der Waals surface area contributed by atoms with Gasteiger partial charge in [-0.15, -0.1) is 0 Å². The summed E-state index contributed by atoms with van der Waals surface area (Å²) in [5, 5.41) is 0.941. The van der Waals surface area contributed by atoms with E-state index in [0.717, 1.165) is 22.1 Å². The van der Waals surface area contributed by atoms with E-state index in [9.17, 15) is 9.59 Å². The van der Waals surface area contributed by atoms with Crippen molar-refractivity contribution >= 4 is 16.9 Å². The van der Waals surface area contributed by atoms with Crippen molar-refractivity contribution in [1.29, 1.82) is 0 Å². The molecule has 0 radical (unpaired) electrons. The average Bonchev–Trinajstić information content (AvgIpc) is 2.66. The minimum atomic E-state index is -0.362. The van der Waals surface area contributed by atoms with Crippen LogP contribution in [0.3, 0.4) is 0 Å². The number of hydrogen-bond acceptors (Lipinski definition) is 4. The molecule has 29 heavy (non-hydrogen) atoms. The molecule has 0 spiro atoms. The van der Waals surface area contributed by atoms with E-state index < -0.39 is 0 Å². The van der Waals surface area contributed by atoms with Gasteiger partial charge in [-0.25, -0.2) is 4.79 Å². The van der Waals surface area contributed by atoms with Gasteiger partial charge in [0.1, 0.15) is 5.58 Å². The first-order chi connectivity index (χ1) is 13.8. The highest BCUT2D eigenvalue weighted by molar-refractivity contribution is 5.82. The lowest BCUT2D eigenvalue weighted by Crippen LogP contribution is -2.28. The summed E-state index contributed by atoms with van der Waals surface area (Å²) < 4.78 is 5.47. The van der Waals surface area contributed by atoms with Crippen LogP contribution < -0.4 is 11.4 Å². The van der Waals surface area contributed by atoms with Crippen LogP contribution in [0.25, 0.3) is 11.0 Å². The van der Waals surface area contributed by atoms with Crippen LogP contribution in [0.4, 0.5) is 0 Å². The number of nitrogens with zero attached hydrogens (tertiary/aromatic N) is 1. The maximum Gasteiger partial charge on any atom is 0.336 e. The van der Waals surface area contributed by atoms with Crippen molar-refractivity contribution in [3.8, 4) is 0 Å². The lowest BCUT2D eigenvalue weighted by atomic mass is 9.94. The topological polar surface area (TPSA) is 76.5 Å². The summed E-state index contributed by atoms with van der Waals surface area (Å²) in [4.78, 5) is 25.7. The van der Waals surface area contributed by atoms with Gasteiger partial charge < -0.3 is 10.2 Å². The van der Waals surface area contributed by atoms with E-state index in [-0.39, 0.29) is 18.0 Å². The summed E-state index contributed by atoms with van der Waals surface area (Å²) in [7, 11) is 0. The van der Waals surface area contributed by atoms with Crippen molar-refractivity contribution in [1.82, 2.24) is 4.90 Å². The van der Waals surface area contributed by atoms with Crippen LogP contribution in [-0.2, 0) is 17.9 Å². The van der Waals surface area contributed by atoms with E-state index >= 15 is 0 Å². The van der Waals surface area contributed by atoms with Crippen molar-refractivity contribution in [2.45, 2.75) is 46.2 Å². The normalized spacial score (nSPS) is 11.5. The van der Waals surface area contributed by atoms with Gasteiger partial charge in [-0.05, 0) is 47.2 Å². The molecule has 0 bridgehead atoms. The van der Waals surface area contributed by atoms with Gasteiger partial charge in [0.25, 0.3) is 0 Å². The highest BCUT2D eigenvalue weighted by Crippen LogP contribution is 2.27. The number of hydrogen-bond donors (Lipinski definition) is 1. The number of fused-ring (bicyclic) bond motifs is 1. The molecule has 0 unspecified atom stereocenters. The van der Waals surface area contributed by atoms with E-state index in [2.05, 4.69) is 36.9 Å². The van der Waals surface area contributed by atoms with Gasteiger partial charge in [-0.1, -0.05) is 44.2 Å². The zero-order valence-corrected chi connectivity index (χ0v) is 17.3. The molecule has 2 aromatic carbocycles. The molecule has 1 amide bonds. The Morgan fingerprint density at radius 2 is 1.83 bits per heavy atom. The predicted molar refractivity (Wildman–Crippen MR) is 116 cm³/mol. The molecular weight excluding hydrogens is 364 g/mol. The molecule has 152 valence electrons. The van der Waals surface area contributed by atoms with Crippen LogP contribution in [-0.4, -0.2) is 17.4 Å². The van der Waals surface area contributed by atoms with E-state index in [0.29, 0.717) is 31.1 Å². The summed E-state index contributed by atoms with van der Waals surface area (Å²) in [6.45, 7) is 8.07. The lowest BCUT2D eigenvalue weighted by molar-refractivity contribution is -0.118. The molecule has 0 aliphatic rings. The summed E-state index contributed by atoms with van der Waals surface area (Å²) in [6.07, 6.45) is 0.266. The fourth-order valence-corrected chi connectivity index (χ4v) is 3.71. The third-order valence-corrected chi connectivity index (χ3v) is 5.16. The molecule has 0 aliphatic carbocycles. The van der Waals surface area contributed by atoms with Crippen LogP contribution in [0, 0.1) is 6.92 Å². The average molecular weight is 392 g/mol. The number of nitrogens with two attached hydrogens (primary N) is 1. The number of carbonyl (C=O) groups excluding carboxylic acids is 1. The Bertz CT molecular complexity index is 1050. The maximum atomic E-state index is 12.2. The maximum absolute atomic E-state index is 12.2. The Morgan fingerprint density at radius 1 is 1.10 bits per heavy atom. The first kappa shape index (κ1) is 20.8. The second-order valence-corrected chi connectivity index (χ2v) is 7.86. The summed E-state index contributed by atoms with van der Waals surface area (Å²) in [5.74, 6) is 0.0349. The van der Waals surface area contributed by atoms with Gasteiger partial charge in [-0.3, -0.25) is 9.69 Å². The van der Waals surface area contributed by atoms with Gasteiger partial charge in [-0.2, -0.15) is 0 Å². The molecule has 3 rings (SSSR count). The summed E-state index contributed by atoms with van der Waals surface area (Å²) in [6, 6.07) is 15.7. The van der Waals surface area contributed by atoms with Gasteiger partial charge in [0, 0.05) is 37.5 Å². The number of rotatable bonds is 8. The number of primary amides is 1. The molecule has 1 aromatic heterocycles. The van der Waals surface area contributed by atoms with Crippen LogP contribution in [0.5, 0.6) is 0 Å². The summed E-state index contributed by atoms with van der Waals surface area (Å²) >= 11 is 0. The lowest BCUT2D eigenvalue weighted by Gasteiger charge is -2.23. The molecule has 0 saturated carbocycles. The SMILES string of the molecule is Cc1cc2oc(=O)cc(CN(CCC(N)=O)Cc3ccccc3)c2cc1C(C)C. The third kappa shape index (κ3) is 5.33. The van der Waals surface area contributed by atoms with E-state index in [1.54, 1.807) is 6.07 Å². The predicted octanol–water partition coefficient (Wildman–Crippen LogP) is 4.10.